The highest BCUT2D eigenvalue weighted by atomic mass is 32.2. The first-order chi connectivity index (χ1) is 28.1. The molecule has 0 aliphatic carbocycles. The maximum atomic E-state index is 14.4. The van der Waals surface area contributed by atoms with Crippen molar-refractivity contribution < 1.29 is 27.1 Å². The number of aromatic nitrogens is 3. The molecule has 0 spiro atoms. The Morgan fingerprint density at radius 2 is 1.88 bits per heavy atom. The molecular weight excluding hydrogens is 768 g/mol. The number of hydrogen-bond acceptors (Lipinski definition) is 9. The van der Waals surface area contributed by atoms with Crippen molar-refractivity contribution >= 4 is 26.8 Å². The van der Waals surface area contributed by atoms with E-state index in [-0.39, 0.29) is 29.7 Å². The van der Waals surface area contributed by atoms with Crippen molar-refractivity contribution in [2.45, 2.75) is 122 Å². The zero-order valence-corrected chi connectivity index (χ0v) is 36.0. The number of rotatable bonds is 19. The molecule has 1 amide bonds. The number of nitrogens with zero attached hydrogens (tertiary/aromatic N) is 5. The molecule has 3 atom stereocenters. The molecule has 4 heterocycles. The van der Waals surface area contributed by atoms with Crippen LogP contribution in [0.2, 0.25) is 0 Å². The molecule has 4 aromatic rings. The second-order valence-electron chi connectivity index (χ2n) is 17.2. The van der Waals surface area contributed by atoms with Gasteiger partial charge in [-0.05, 0) is 114 Å². The number of fused-ring (bicyclic) bond motifs is 1. The van der Waals surface area contributed by atoms with Crippen LogP contribution in [-0.4, -0.2) is 75.6 Å². The minimum atomic E-state index is -3.17. The minimum absolute atomic E-state index is 0.00405. The molecule has 6 rings (SSSR count). The van der Waals surface area contributed by atoms with Gasteiger partial charge in [-0.3, -0.25) is 9.69 Å². The highest BCUT2D eigenvalue weighted by Gasteiger charge is 2.37. The monoisotopic (exact) mass is 826 g/mol. The van der Waals surface area contributed by atoms with Crippen LogP contribution in [0.1, 0.15) is 118 Å². The SMILES string of the molecule is C=CC(C)(CCC(C)C)OCCC(C)(CC)NC(=O)c1ccc2nc(CN3CCC(c4cccc(OCc5ccc(C#N)cc5F)n4)CC3)n(C[C@@H]3CCS3(=O)=O)c2c1. The van der Waals surface area contributed by atoms with Crippen molar-refractivity contribution in [2.24, 2.45) is 5.92 Å². The van der Waals surface area contributed by atoms with E-state index in [0.717, 1.165) is 67.7 Å². The Kier molecular flexibility index (Phi) is 14.0. The number of benzene rings is 2. The average Bonchev–Trinajstić information content (AvgIpc) is 3.57. The number of halogens is 1. The van der Waals surface area contributed by atoms with E-state index < -0.39 is 32.0 Å². The fourth-order valence-corrected chi connectivity index (χ4v) is 9.06. The van der Waals surface area contributed by atoms with Crippen LogP contribution >= 0.6 is 0 Å². The summed E-state index contributed by atoms with van der Waals surface area (Å²) in [5, 5.41) is 11.8. The van der Waals surface area contributed by atoms with Crippen molar-refractivity contribution in [1.82, 2.24) is 24.8 Å². The van der Waals surface area contributed by atoms with Crippen molar-refractivity contribution in [1.29, 1.82) is 5.26 Å². The molecule has 2 aliphatic heterocycles. The summed E-state index contributed by atoms with van der Waals surface area (Å²) >= 11 is 0. The zero-order chi connectivity index (χ0) is 42.4. The van der Waals surface area contributed by atoms with Gasteiger partial charge in [-0.2, -0.15) is 5.26 Å². The van der Waals surface area contributed by atoms with Crippen LogP contribution in [0.5, 0.6) is 5.88 Å². The predicted molar refractivity (Wildman–Crippen MR) is 228 cm³/mol. The first-order valence-electron chi connectivity index (χ1n) is 20.9. The molecule has 59 heavy (non-hydrogen) atoms. The number of piperidine rings is 1. The number of hydrogen-bond donors (Lipinski definition) is 1. The van der Waals surface area contributed by atoms with Gasteiger partial charge >= 0.3 is 0 Å². The number of nitrogens with one attached hydrogen (secondary N) is 1. The largest absolute Gasteiger partial charge is 0.473 e. The summed E-state index contributed by atoms with van der Waals surface area (Å²) in [6.07, 6.45) is 7.47. The van der Waals surface area contributed by atoms with Crippen molar-refractivity contribution in [3.63, 3.8) is 0 Å². The van der Waals surface area contributed by atoms with E-state index in [1.807, 2.05) is 47.9 Å². The summed E-state index contributed by atoms with van der Waals surface area (Å²) in [6, 6.07) is 17.4. The van der Waals surface area contributed by atoms with E-state index in [4.69, 9.17) is 24.7 Å². The van der Waals surface area contributed by atoms with Crippen LogP contribution in [0.15, 0.2) is 67.3 Å². The summed E-state index contributed by atoms with van der Waals surface area (Å²) in [5.41, 5.74) is 2.57. The second kappa shape index (κ2) is 18.7. The fourth-order valence-electron chi connectivity index (χ4n) is 7.73. The Bertz CT molecular complexity index is 2280. The van der Waals surface area contributed by atoms with Gasteiger partial charge in [0.15, 0.2) is 9.84 Å². The van der Waals surface area contributed by atoms with Gasteiger partial charge < -0.3 is 19.4 Å². The summed E-state index contributed by atoms with van der Waals surface area (Å²) < 4.78 is 54.1. The van der Waals surface area contributed by atoms with E-state index >= 15 is 0 Å². The molecule has 0 saturated carbocycles. The number of amides is 1. The minimum Gasteiger partial charge on any atom is -0.473 e. The molecule has 2 aliphatic rings. The molecule has 2 fully saturated rings. The second-order valence-corrected chi connectivity index (χ2v) is 19.6. The van der Waals surface area contributed by atoms with Crippen LogP contribution in [-0.2, 0) is 34.3 Å². The maximum absolute atomic E-state index is 14.4. The molecule has 0 bridgehead atoms. The third kappa shape index (κ3) is 11.0. The van der Waals surface area contributed by atoms with Gasteiger partial charge in [-0.1, -0.05) is 39.0 Å². The standard InChI is InChI=1S/C46H59FN6O5S/c1-7-45(5,21-24-58-46(6,8-2)20-16-32(3)4)51-44(54)35-14-15-40-41(27-35)53(29-37-19-25-59(37,55)56)42(49-40)30-52-22-17-34(18-23-52)39-10-9-11-43(50-39)57-31-36-13-12-33(28-48)26-38(36)47/h8-15,26-27,32,34,37H,2,7,16-25,29-31H2,1,3-6H3,(H,51,54)/t37-,45?,46?/m0/s1. The molecule has 316 valence electrons. The first kappa shape index (κ1) is 43.9. The van der Waals surface area contributed by atoms with Gasteiger partial charge in [-0.15, -0.1) is 6.58 Å². The number of sulfone groups is 1. The lowest BCUT2D eigenvalue weighted by molar-refractivity contribution is -0.0131. The van der Waals surface area contributed by atoms with Crippen LogP contribution in [0.3, 0.4) is 0 Å². The Labute approximate surface area is 348 Å². The number of likely N-dealkylation sites (tertiary alicyclic amines) is 1. The topological polar surface area (TPSA) is 139 Å². The third-order valence-corrected chi connectivity index (χ3v) is 14.5. The van der Waals surface area contributed by atoms with E-state index in [2.05, 4.69) is 44.5 Å². The lowest BCUT2D eigenvalue weighted by Crippen LogP contribution is -2.46. The Morgan fingerprint density at radius 3 is 2.53 bits per heavy atom. The summed E-state index contributed by atoms with van der Waals surface area (Å²) in [7, 11) is -3.17. The number of pyridine rings is 1. The van der Waals surface area contributed by atoms with Crippen molar-refractivity contribution in [3.05, 3.63) is 101 Å². The van der Waals surface area contributed by atoms with Gasteiger partial charge in [0.1, 0.15) is 18.2 Å². The molecule has 1 N–H and O–H groups in total. The molecule has 2 saturated heterocycles. The molecular formula is C46H59FN6O5S. The van der Waals surface area contributed by atoms with E-state index in [0.29, 0.717) is 55.5 Å². The summed E-state index contributed by atoms with van der Waals surface area (Å²) in [5.74, 6) is 1.47. The normalized spacial score (nSPS) is 19.1. The van der Waals surface area contributed by atoms with E-state index in [1.54, 1.807) is 24.3 Å². The van der Waals surface area contributed by atoms with E-state index in [9.17, 15) is 17.6 Å². The number of ether oxygens (including phenoxy) is 2. The lowest BCUT2D eigenvalue weighted by atomic mass is 9.93. The molecule has 13 heteroatoms. The smallest absolute Gasteiger partial charge is 0.251 e. The lowest BCUT2D eigenvalue weighted by Gasteiger charge is -2.33. The van der Waals surface area contributed by atoms with Gasteiger partial charge in [0, 0.05) is 47.5 Å². The third-order valence-electron chi connectivity index (χ3n) is 12.3. The summed E-state index contributed by atoms with van der Waals surface area (Å²) in [4.78, 5) is 25.9. The van der Waals surface area contributed by atoms with Gasteiger partial charge in [0.05, 0.1) is 45.8 Å². The van der Waals surface area contributed by atoms with Crippen LogP contribution < -0.4 is 10.1 Å². The van der Waals surface area contributed by atoms with Gasteiger partial charge in [0.2, 0.25) is 5.88 Å². The molecule has 0 radical (unpaired) electrons. The number of carbonyl (C=O) groups is 1. The molecule has 11 nitrogen and oxygen atoms in total. The number of nitriles is 1. The highest BCUT2D eigenvalue weighted by molar-refractivity contribution is 7.93. The Morgan fingerprint density at radius 1 is 1.10 bits per heavy atom. The van der Waals surface area contributed by atoms with Crippen LogP contribution in [0.25, 0.3) is 11.0 Å². The maximum Gasteiger partial charge on any atom is 0.251 e. The summed E-state index contributed by atoms with van der Waals surface area (Å²) in [6.45, 7) is 17.5. The van der Waals surface area contributed by atoms with Gasteiger partial charge in [0.25, 0.3) is 5.91 Å². The molecule has 2 aromatic heterocycles. The average molecular weight is 827 g/mol. The zero-order valence-electron chi connectivity index (χ0n) is 35.2. The molecule has 2 unspecified atom stereocenters. The van der Waals surface area contributed by atoms with Gasteiger partial charge in [-0.25, -0.2) is 22.8 Å². The Balaban J connectivity index is 1.12. The van der Waals surface area contributed by atoms with Crippen LogP contribution in [0, 0.1) is 23.1 Å². The fraction of sp³-hybridized carbons (Fsp3) is 0.522. The van der Waals surface area contributed by atoms with Crippen molar-refractivity contribution in [3.8, 4) is 11.9 Å². The first-order valence-corrected chi connectivity index (χ1v) is 22.7. The number of carbonyl (C=O) groups excluding carboxylic acids is 1. The predicted octanol–water partition coefficient (Wildman–Crippen LogP) is 8.27. The number of imidazole rings is 1. The van der Waals surface area contributed by atoms with Crippen LogP contribution in [0.4, 0.5) is 4.39 Å². The van der Waals surface area contributed by atoms with E-state index in [1.165, 1.54) is 6.07 Å². The highest BCUT2D eigenvalue weighted by Crippen LogP contribution is 2.31. The van der Waals surface area contributed by atoms with Crippen molar-refractivity contribution in [2.75, 3.05) is 25.4 Å². The molecule has 2 aromatic carbocycles. The quantitative estimate of drug-likeness (QED) is 0.0926. The Hall–Kier alpha value is -4.64.